The van der Waals surface area contributed by atoms with Crippen molar-refractivity contribution in [3.05, 3.63) is 65.1 Å². The zero-order valence-electron chi connectivity index (χ0n) is 19.6. The molecule has 1 saturated heterocycles. The largest absolute Gasteiger partial charge is 0.396 e. The fourth-order valence-corrected chi connectivity index (χ4v) is 5.45. The number of aromatic nitrogens is 1. The van der Waals surface area contributed by atoms with Gasteiger partial charge in [-0.3, -0.25) is 9.36 Å². The molecule has 8 nitrogen and oxygen atoms in total. The Labute approximate surface area is 212 Å². The fraction of sp³-hybridized carbons (Fsp3) is 0.346. The highest BCUT2D eigenvalue weighted by molar-refractivity contribution is 6.30. The van der Waals surface area contributed by atoms with Gasteiger partial charge in [-0.05, 0) is 36.5 Å². The molecule has 2 fully saturated rings. The van der Waals surface area contributed by atoms with Gasteiger partial charge < -0.3 is 20.6 Å². The number of halogens is 2. The maximum atomic E-state index is 14.5. The number of aliphatic hydroxyl groups excluding tert-OH is 1. The number of ketones is 1. The SMILES string of the molecule is CNC(=O)n1cc(NC(=O)N2[C@@H]3C[C@@H]3C[C@H]2C(=O)C[C@H](CO)c2cccc(Cl)c2F)c2ccccc21. The first-order valence-electron chi connectivity index (χ1n) is 11.8. The Morgan fingerprint density at radius 3 is 2.67 bits per heavy atom. The number of hydrogen-bond donors (Lipinski definition) is 3. The number of Topliss-reactive ketones (excluding diaryl/α,β-unsaturated/α-hetero) is 1. The number of nitrogens with zero attached hydrogens (tertiary/aromatic N) is 2. The number of hydrogen-bond acceptors (Lipinski definition) is 4. The average molecular weight is 513 g/mol. The number of anilines is 1. The van der Waals surface area contributed by atoms with Gasteiger partial charge in [0.25, 0.3) is 0 Å². The molecule has 1 aliphatic carbocycles. The second kappa shape index (κ2) is 9.55. The molecule has 1 aromatic heterocycles. The van der Waals surface area contributed by atoms with Crippen LogP contribution in [0.1, 0.15) is 30.7 Å². The van der Waals surface area contributed by atoms with Gasteiger partial charge in [0.05, 0.1) is 28.9 Å². The molecule has 5 rings (SSSR count). The molecule has 3 N–H and O–H groups in total. The number of likely N-dealkylation sites (tertiary alicyclic amines) is 1. The minimum absolute atomic E-state index is 0.0401. The standard InChI is InChI=1S/C26H26ClFN4O4/c1-29-25(35)31-12-19(17-5-2-3-8-20(17)31)30-26(36)32-21-9-14(21)10-22(32)23(34)11-15(13-33)16-6-4-7-18(27)24(16)28/h2-8,12,14-15,21-22,33H,9-11,13H2,1H3,(H,29,35)(H,30,36)/t14-,15-,21-,22+/m1/s1. The summed E-state index contributed by atoms with van der Waals surface area (Å²) in [6, 6.07) is 10.2. The third kappa shape index (κ3) is 4.22. The van der Waals surface area contributed by atoms with Crippen molar-refractivity contribution in [1.82, 2.24) is 14.8 Å². The van der Waals surface area contributed by atoms with E-state index in [4.69, 9.17) is 11.6 Å². The lowest BCUT2D eigenvalue weighted by atomic mass is 9.90. The zero-order chi connectivity index (χ0) is 25.6. The van der Waals surface area contributed by atoms with Crippen molar-refractivity contribution in [3.8, 4) is 0 Å². The lowest BCUT2D eigenvalue weighted by Crippen LogP contribution is -2.45. The van der Waals surface area contributed by atoms with E-state index in [1.165, 1.54) is 23.7 Å². The predicted octanol–water partition coefficient (Wildman–Crippen LogP) is 4.35. The number of para-hydroxylation sites is 1. The van der Waals surface area contributed by atoms with E-state index >= 15 is 0 Å². The van der Waals surface area contributed by atoms with E-state index < -0.39 is 30.4 Å². The van der Waals surface area contributed by atoms with E-state index in [-0.39, 0.29) is 40.8 Å². The van der Waals surface area contributed by atoms with Crippen LogP contribution in [-0.2, 0) is 4.79 Å². The van der Waals surface area contributed by atoms with Crippen LogP contribution >= 0.6 is 11.6 Å². The number of nitrogens with one attached hydrogen (secondary N) is 2. The van der Waals surface area contributed by atoms with Crippen molar-refractivity contribution in [2.45, 2.75) is 37.3 Å². The molecule has 1 aliphatic heterocycles. The third-order valence-electron chi connectivity index (χ3n) is 7.19. The van der Waals surface area contributed by atoms with Crippen LogP contribution in [0.15, 0.2) is 48.7 Å². The Morgan fingerprint density at radius 2 is 1.92 bits per heavy atom. The molecule has 3 amide bonds. The monoisotopic (exact) mass is 512 g/mol. The lowest BCUT2D eigenvalue weighted by Gasteiger charge is -2.28. The van der Waals surface area contributed by atoms with Crippen LogP contribution in [0.4, 0.5) is 19.7 Å². The van der Waals surface area contributed by atoms with E-state index in [9.17, 15) is 23.9 Å². The van der Waals surface area contributed by atoms with Crippen LogP contribution in [0.25, 0.3) is 10.9 Å². The fourth-order valence-electron chi connectivity index (χ4n) is 5.27. The van der Waals surface area contributed by atoms with Gasteiger partial charge in [0.15, 0.2) is 5.78 Å². The number of piperidine rings is 1. The van der Waals surface area contributed by atoms with Gasteiger partial charge in [-0.2, -0.15) is 0 Å². The molecule has 2 aromatic carbocycles. The number of fused-ring (bicyclic) bond motifs is 2. The Bertz CT molecular complexity index is 1360. The molecule has 0 spiro atoms. The van der Waals surface area contributed by atoms with Crippen molar-refractivity contribution in [3.63, 3.8) is 0 Å². The van der Waals surface area contributed by atoms with Crippen molar-refractivity contribution in [2.75, 3.05) is 19.0 Å². The molecule has 2 heterocycles. The molecular formula is C26H26ClFN4O4. The number of rotatable bonds is 6. The summed E-state index contributed by atoms with van der Waals surface area (Å²) in [7, 11) is 1.53. The Kier molecular flexibility index (Phi) is 6.44. The molecular weight excluding hydrogens is 487 g/mol. The first-order chi connectivity index (χ1) is 17.3. The highest BCUT2D eigenvalue weighted by Gasteiger charge is 2.56. The van der Waals surface area contributed by atoms with Crippen molar-refractivity contribution < 1.29 is 23.9 Å². The number of benzene rings is 2. The van der Waals surface area contributed by atoms with Crippen LogP contribution in [0.3, 0.4) is 0 Å². The smallest absolute Gasteiger partial charge is 0.325 e. The van der Waals surface area contributed by atoms with E-state index in [1.807, 2.05) is 12.1 Å². The van der Waals surface area contributed by atoms with E-state index in [1.54, 1.807) is 29.3 Å². The van der Waals surface area contributed by atoms with Crippen molar-refractivity contribution in [1.29, 1.82) is 0 Å². The number of carbonyl (C=O) groups is 3. The Morgan fingerprint density at radius 1 is 1.14 bits per heavy atom. The molecule has 2 aliphatic rings. The highest BCUT2D eigenvalue weighted by atomic mass is 35.5. The van der Waals surface area contributed by atoms with E-state index in [2.05, 4.69) is 10.6 Å². The van der Waals surface area contributed by atoms with Crippen molar-refractivity contribution >= 4 is 46.0 Å². The minimum atomic E-state index is -0.761. The summed E-state index contributed by atoms with van der Waals surface area (Å²) in [6.45, 7) is -0.423. The molecule has 3 aromatic rings. The summed E-state index contributed by atoms with van der Waals surface area (Å²) in [5.41, 5.74) is 1.28. The average Bonchev–Trinajstić information content (AvgIpc) is 3.39. The topological polar surface area (TPSA) is 104 Å². The quantitative estimate of drug-likeness (QED) is 0.456. The van der Waals surface area contributed by atoms with Gasteiger partial charge in [-0.25, -0.2) is 14.0 Å². The van der Waals surface area contributed by atoms with Gasteiger partial charge in [0, 0.05) is 37.0 Å². The number of aliphatic hydroxyl groups is 1. The predicted molar refractivity (Wildman–Crippen MR) is 134 cm³/mol. The van der Waals surface area contributed by atoms with Crippen LogP contribution in [0, 0.1) is 11.7 Å². The van der Waals surface area contributed by atoms with Gasteiger partial charge in [0.1, 0.15) is 5.82 Å². The zero-order valence-corrected chi connectivity index (χ0v) is 20.3. The van der Waals surface area contributed by atoms with Crippen LogP contribution in [-0.4, -0.2) is 58.2 Å². The number of urea groups is 1. The summed E-state index contributed by atoms with van der Waals surface area (Å²) in [6.07, 6.45) is 2.80. The Balaban J connectivity index is 1.36. The summed E-state index contributed by atoms with van der Waals surface area (Å²) in [5, 5.41) is 16.0. The molecule has 188 valence electrons. The molecule has 36 heavy (non-hydrogen) atoms. The van der Waals surface area contributed by atoms with Gasteiger partial charge in [-0.15, -0.1) is 0 Å². The second-order valence-electron chi connectivity index (χ2n) is 9.33. The van der Waals surface area contributed by atoms with Crippen LogP contribution in [0.5, 0.6) is 0 Å². The molecule has 0 bridgehead atoms. The molecule has 4 atom stereocenters. The lowest BCUT2D eigenvalue weighted by molar-refractivity contribution is -0.123. The first kappa shape index (κ1) is 24.3. The van der Waals surface area contributed by atoms with Gasteiger partial charge >= 0.3 is 12.1 Å². The van der Waals surface area contributed by atoms with Gasteiger partial charge in [-0.1, -0.05) is 41.9 Å². The second-order valence-corrected chi connectivity index (χ2v) is 9.74. The number of carbonyl (C=O) groups excluding carboxylic acids is 3. The first-order valence-corrected chi connectivity index (χ1v) is 12.2. The summed E-state index contributed by atoms with van der Waals surface area (Å²) in [5.74, 6) is -1.40. The summed E-state index contributed by atoms with van der Waals surface area (Å²) >= 11 is 5.89. The molecule has 0 radical (unpaired) electrons. The van der Waals surface area contributed by atoms with E-state index in [0.29, 0.717) is 23.0 Å². The third-order valence-corrected chi connectivity index (χ3v) is 7.48. The summed E-state index contributed by atoms with van der Waals surface area (Å²) < 4.78 is 16.0. The molecule has 1 saturated carbocycles. The summed E-state index contributed by atoms with van der Waals surface area (Å²) in [4.78, 5) is 40.6. The molecule has 10 heteroatoms. The highest BCUT2D eigenvalue weighted by Crippen LogP contribution is 2.49. The van der Waals surface area contributed by atoms with Crippen molar-refractivity contribution in [2.24, 2.45) is 5.92 Å². The number of amides is 3. The van der Waals surface area contributed by atoms with E-state index in [0.717, 1.165) is 6.42 Å². The molecule has 0 unspecified atom stereocenters. The van der Waals surface area contributed by atoms with Crippen LogP contribution < -0.4 is 10.6 Å². The normalized spacial score (nSPS) is 21.2. The van der Waals surface area contributed by atoms with Crippen LogP contribution in [0.2, 0.25) is 5.02 Å². The maximum absolute atomic E-state index is 14.5. The maximum Gasteiger partial charge on any atom is 0.325 e. The van der Waals surface area contributed by atoms with Gasteiger partial charge in [0.2, 0.25) is 0 Å². The minimum Gasteiger partial charge on any atom is -0.396 e. The Hall–Kier alpha value is -3.43.